The highest BCUT2D eigenvalue weighted by Crippen LogP contribution is 2.35. The van der Waals surface area contributed by atoms with E-state index in [0.29, 0.717) is 11.8 Å². The van der Waals surface area contributed by atoms with Crippen LogP contribution >= 0.6 is 0 Å². The van der Waals surface area contributed by atoms with Gasteiger partial charge < -0.3 is 4.74 Å². The number of ketones is 1. The van der Waals surface area contributed by atoms with E-state index in [1.165, 1.54) is 6.42 Å². The Bertz CT molecular complexity index is 274. The van der Waals surface area contributed by atoms with Crippen molar-refractivity contribution in [3.63, 3.8) is 0 Å². The van der Waals surface area contributed by atoms with Gasteiger partial charge in [-0.1, -0.05) is 20.3 Å². The van der Waals surface area contributed by atoms with E-state index in [4.69, 9.17) is 4.74 Å². The average molecular weight is 255 g/mol. The van der Waals surface area contributed by atoms with Crippen LogP contribution in [0.2, 0.25) is 0 Å². The van der Waals surface area contributed by atoms with Gasteiger partial charge >= 0.3 is 0 Å². The van der Waals surface area contributed by atoms with Gasteiger partial charge in [-0.2, -0.15) is 0 Å². The molecule has 0 saturated heterocycles. The number of carbonyl (C=O) groups excluding carboxylic acids is 1. The zero-order chi connectivity index (χ0) is 13.8. The van der Waals surface area contributed by atoms with Crippen LogP contribution in [0.4, 0.5) is 0 Å². The van der Waals surface area contributed by atoms with Gasteiger partial charge in [0, 0.05) is 37.6 Å². The minimum atomic E-state index is -0.118. The molecule has 0 spiro atoms. The number of carbonyl (C=O) groups is 1. The van der Waals surface area contributed by atoms with Gasteiger partial charge in [0.25, 0.3) is 0 Å². The SMILES string of the molecule is COCCN(CC1CCCC(C)(C)C1=O)C(C)C. The minimum absolute atomic E-state index is 0.118. The van der Waals surface area contributed by atoms with Gasteiger partial charge in [-0.3, -0.25) is 9.69 Å². The fourth-order valence-electron chi connectivity index (χ4n) is 2.82. The van der Waals surface area contributed by atoms with Gasteiger partial charge in [0.05, 0.1) is 6.61 Å². The molecule has 1 saturated carbocycles. The van der Waals surface area contributed by atoms with Crippen molar-refractivity contribution in [3.05, 3.63) is 0 Å². The van der Waals surface area contributed by atoms with Crippen molar-refractivity contribution in [3.8, 4) is 0 Å². The lowest BCUT2D eigenvalue weighted by atomic mass is 9.71. The third-order valence-electron chi connectivity index (χ3n) is 4.16. The van der Waals surface area contributed by atoms with Crippen molar-refractivity contribution in [1.29, 1.82) is 0 Å². The Morgan fingerprint density at radius 3 is 2.67 bits per heavy atom. The van der Waals surface area contributed by atoms with E-state index in [1.807, 2.05) is 0 Å². The Morgan fingerprint density at radius 2 is 2.11 bits per heavy atom. The Balaban J connectivity index is 2.60. The molecule has 0 radical (unpaired) electrons. The molecule has 0 N–H and O–H groups in total. The molecule has 0 aliphatic heterocycles. The maximum absolute atomic E-state index is 12.4. The maximum Gasteiger partial charge on any atom is 0.142 e. The summed E-state index contributed by atoms with van der Waals surface area (Å²) in [7, 11) is 1.73. The van der Waals surface area contributed by atoms with Crippen LogP contribution in [0.25, 0.3) is 0 Å². The molecule has 18 heavy (non-hydrogen) atoms. The largest absolute Gasteiger partial charge is 0.383 e. The summed E-state index contributed by atoms with van der Waals surface area (Å²) in [6.07, 6.45) is 3.28. The Hall–Kier alpha value is -0.410. The maximum atomic E-state index is 12.4. The molecule has 106 valence electrons. The lowest BCUT2D eigenvalue weighted by molar-refractivity contribution is -0.135. The number of methoxy groups -OCH3 is 1. The summed E-state index contributed by atoms with van der Waals surface area (Å²) >= 11 is 0. The zero-order valence-electron chi connectivity index (χ0n) is 12.7. The number of ether oxygens (including phenoxy) is 1. The topological polar surface area (TPSA) is 29.5 Å². The van der Waals surface area contributed by atoms with Crippen molar-refractivity contribution in [2.45, 2.75) is 53.0 Å². The van der Waals surface area contributed by atoms with Crippen LogP contribution in [-0.4, -0.2) is 43.5 Å². The molecule has 0 aromatic rings. The second-order valence-electron chi connectivity index (χ2n) is 6.42. The van der Waals surface area contributed by atoms with Crippen LogP contribution in [0.15, 0.2) is 0 Å². The number of nitrogens with zero attached hydrogens (tertiary/aromatic N) is 1. The first-order valence-corrected chi connectivity index (χ1v) is 7.16. The van der Waals surface area contributed by atoms with Crippen molar-refractivity contribution in [1.82, 2.24) is 4.90 Å². The molecule has 0 heterocycles. The highest BCUT2D eigenvalue weighted by Gasteiger charge is 2.37. The summed E-state index contributed by atoms with van der Waals surface area (Å²) in [5.74, 6) is 0.671. The molecule has 0 amide bonds. The van der Waals surface area contributed by atoms with Crippen molar-refractivity contribution in [2.75, 3.05) is 26.8 Å². The van der Waals surface area contributed by atoms with Crippen LogP contribution in [0.5, 0.6) is 0 Å². The molecule has 1 aliphatic rings. The Kier molecular flexibility index (Phi) is 5.80. The Morgan fingerprint density at radius 1 is 1.44 bits per heavy atom. The molecule has 1 atom stereocenters. The zero-order valence-corrected chi connectivity index (χ0v) is 12.7. The molecule has 3 nitrogen and oxygen atoms in total. The van der Waals surface area contributed by atoms with E-state index >= 15 is 0 Å². The minimum Gasteiger partial charge on any atom is -0.383 e. The van der Waals surface area contributed by atoms with Gasteiger partial charge in [0.2, 0.25) is 0 Å². The first-order valence-electron chi connectivity index (χ1n) is 7.16. The lowest BCUT2D eigenvalue weighted by Crippen LogP contribution is -2.44. The molecular formula is C15H29NO2. The predicted octanol–water partition coefficient (Wildman–Crippen LogP) is 2.74. The molecule has 1 rings (SSSR count). The molecule has 1 unspecified atom stereocenters. The van der Waals surface area contributed by atoms with E-state index in [-0.39, 0.29) is 11.3 Å². The second-order valence-corrected chi connectivity index (χ2v) is 6.42. The molecule has 1 fully saturated rings. The smallest absolute Gasteiger partial charge is 0.142 e. The molecule has 0 aromatic heterocycles. The van der Waals surface area contributed by atoms with Crippen molar-refractivity contribution in [2.24, 2.45) is 11.3 Å². The standard InChI is InChI=1S/C15H29NO2/c1-12(2)16(9-10-18-5)11-13-7-6-8-15(3,4)14(13)17/h12-13H,6-11H2,1-5H3. The van der Waals surface area contributed by atoms with E-state index in [9.17, 15) is 4.79 Å². The van der Waals surface area contributed by atoms with Crippen LogP contribution < -0.4 is 0 Å². The highest BCUT2D eigenvalue weighted by atomic mass is 16.5. The summed E-state index contributed by atoms with van der Waals surface area (Å²) in [6, 6.07) is 0.470. The molecule has 3 heteroatoms. The monoisotopic (exact) mass is 255 g/mol. The van der Waals surface area contributed by atoms with Crippen LogP contribution in [0.3, 0.4) is 0 Å². The van der Waals surface area contributed by atoms with Gasteiger partial charge in [-0.15, -0.1) is 0 Å². The fourth-order valence-corrected chi connectivity index (χ4v) is 2.82. The first-order chi connectivity index (χ1) is 8.38. The highest BCUT2D eigenvalue weighted by molar-refractivity contribution is 5.87. The fraction of sp³-hybridized carbons (Fsp3) is 0.933. The number of hydrogen-bond donors (Lipinski definition) is 0. The normalized spacial score (nSPS) is 23.9. The molecular weight excluding hydrogens is 226 g/mol. The third kappa shape index (κ3) is 4.06. The van der Waals surface area contributed by atoms with E-state index in [0.717, 1.165) is 32.5 Å². The van der Waals surface area contributed by atoms with Crippen LogP contribution in [-0.2, 0) is 9.53 Å². The van der Waals surface area contributed by atoms with E-state index in [2.05, 4.69) is 32.6 Å². The average Bonchev–Trinajstić information content (AvgIpc) is 2.29. The Labute approximate surface area is 112 Å². The summed E-state index contributed by atoms with van der Waals surface area (Å²) in [5, 5.41) is 0. The number of rotatable bonds is 6. The lowest BCUT2D eigenvalue weighted by Gasteiger charge is -2.37. The quantitative estimate of drug-likeness (QED) is 0.731. The van der Waals surface area contributed by atoms with Gasteiger partial charge in [0.15, 0.2) is 0 Å². The molecule has 0 aromatic carbocycles. The molecule has 0 bridgehead atoms. The van der Waals surface area contributed by atoms with Gasteiger partial charge in [0.1, 0.15) is 5.78 Å². The predicted molar refractivity (Wildman–Crippen MR) is 74.7 cm³/mol. The van der Waals surface area contributed by atoms with Crippen LogP contribution in [0, 0.1) is 11.3 Å². The second kappa shape index (κ2) is 6.67. The van der Waals surface area contributed by atoms with Crippen molar-refractivity contribution >= 4 is 5.78 Å². The van der Waals surface area contributed by atoms with Crippen LogP contribution in [0.1, 0.15) is 47.0 Å². The third-order valence-corrected chi connectivity index (χ3v) is 4.16. The summed E-state index contributed by atoms with van der Waals surface area (Å²) < 4.78 is 5.15. The van der Waals surface area contributed by atoms with E-state index < -0.39 is 0 Å². The summed E-state index contributed by atoms with van der Waals surface area (Å²) in [5.41, 5.74) is -0.118. The number of Topliss-reactive ketones (excluding diaryl/α,β-unsaturated/α-hetero) is 1. The first kappa shape index (κ1) is 15.6. The summed E-state index contributed by atoms with van der Waals surface area (Å²) in [4.78, 5) is 14.8. The summed E-state index contributed by atoms with van der Waals surface area (Å²) in [6.45, 7) is 11.1. The van der Waals surface area contributed by atoms with E-state index in [1.54, 1.807) is 7.11 Å². The molecule has 1 aliphatic carbocycles. The van der Waals surface area contributed by atoms with Crippen molar-refractivity contribution < 1.29 is 9.53 Å². The number of hydrogen-bond acceptors (Lipinski definition) is 3. The van der Waals surface area contributed by atoms with Gasteiger partial charge in [-0.25, -0.2) is 0 Å². The van der Waals surface area contributed by atoms with Gasteiger partial charge in [-0.05, 0) is 26.7 Å².